The Kier molecular flexibility index (Phi) is 4.37. The van der Waals surface area contributed by atoms with Gasteiger partial charge >= 0.3 is 0 Å². The molecule has 1 heterocycles. The Morgan fingerprint density at radius 2 is 2.16 bits per heavy atom. The molecule has 0 aliphatic heterocycles. The first-order valence-electron chi connectivity index (χ1n) is 6.45. The second-order valence-corrected chi connectivity index (χ2v) is 7.79. The Morgan fingerprint density at radius 1 is 1.53 bits per heavy atom. The van der Waals surface area contributed by atoms with E-state index in [0.29, 0.717) is 11.2 Å². The smallest absolute Gasteiger partial charge is 0.244 e. The van der Waals surface area contributed by atoms with Crippen LogP contribution < -0.4 is 4.72 Å². The third-order valence-corrected chi connectivity index (χ3v) is 6.44. The van der Waals surface area contributed by atoms with Gasteiger partial charge in [-0.25, -0.2) is 13.1 Å². The van der Waals surface area contributed by atoms with Gasteiger partial charge in [0.25, 0.3) is 0 Å². The molecule has 2 rings (SSSR count). The molecule has 0 aromatic carbocycles. The summed E-state index contributed by atoms with van der Waals surface area (Å²) in [5.41, 5.74) is -0.360. The van der Waals surface area contributed by atoms with E-state index in [9.17, 15) is 8.42 Å². The third kappa shape index (κ3) is 3.38. The number of hydrogen-bond donors (Lipinski definition) is 1. The van der Waals surface area contributed by atoms with E-state index in [2.05, 4.69) is 32.7 Å². The van der Waals surface area contributed by atoms with Crippen molar-refractivity contribution in [2.45, 2.75) is 43.0 Å². The van der Waals surface area contributed by atoms with E-state index in [1.54, 1.807) is 7.05 Å². The van der Waals surface area contributed by atoms with Gasteiger partial charge in [-0.2, -0.15) is 5.10 Å². The summed E-state index contributed by atoms with van der Waals surface area (Å²) >= 11 is 3.47. The number of aryl methyl sites for hydroxylation is 1. The molecule has 1 saturated carbocycles. The summed E-state index contributed by atoms with van der Waals surface area (Å²) < 4.78 is 29.1. The monoisotopic (exact) mass is 349 g/mol. The maximum Gasteiger partial charge on any atom is 0.244 e. The molecule has 0 radical (unpaired) electrons. The summed E-state index contributed by atoms with van der Waals surface area (Å²) in [6.07, 6.45) is 6.77. The van der Waals surface area contributed by atoms with E-state index in [1.807, 2.05) is 0 Å². The molecule has 0 saturated heterocycles. The lowest BCUT2D eigenvalue weighted by Gasteiger charge is -2.38. The SMILES string of the molecule is CC1CCC(CBr)(NS(=O)(=O)c2cnn(C)c2)CC1. The van der Waals surface area contributed by atoms with Crippen LogP contribution in [0, 0.1) is 5.92 Å². The van der Waals surface area contributed by atoms with Crippen molar-refractivity contribution in [2.24, 2.45) is 13.0 Å². The van der Waals surface area contributed by atoms with E-state index < -0.39 is 10.0 Å². The first-order chi connectivity index (χ1) is 8.87. The number of sulfonamides is 1. The molecule has 1 N–H and O–H groups in total. The highest BCUT2D eigenvalue weighted by Gasteiger charge is 2.37. The second-order valence-electron chi connectivity index (χ2n) is 5.55. The highest BCUT2D eigenvalue weighted by atomic mass is 79.9. The standard InChI is InChI=1S/C12H20BrN3O2S/c1-10-3-5-12(9-13,6-4-10)15-19(17,18)11-7-14-16(2)8-11/h7-8,10,15H,3-6,9H2,1-2H3. The van der Waals surface area contributed by atoms with E-state index in [4.69, 9.17) is 0 Å². The van der Waals surface area contributed by atoms with Gasteiger partial charge in [-0.05, 0) is 31.6 Å². The van der Waals surface area contributed by atoms with Gasteiger partial charge in [-0.15, -0.1) is 0 Å². The number of alkyl halides is 1. The molecule has 1 aromatic rings. The van der Waals surface area contributed by atoms with Gasteiger partial charge in [0.1, 0.15) is 4.90 Å². The van der Waals surface area contributed by atoms with Crippen molar-refractivity contribution in [2.75, 3.05) is 5.33 Å². The number of hydrogen-bond acceptors (Lipinski definition) is 3. The number of rotatable bonds is 4. The zero-order valence-electron chi connectivity index (χ0n) is 11.3. The summed E-state index contributed by atoms with van der Waals surface area (Å²) in [5.74, 6) is 0.676. The Balaban J connectivity index is 2.18. The molecular formula is C12H20BrN3O2S. The van der Waals surface area contributed by atoms with Crippen molar-refractivity contribution >= 4 is 26.0 Å². The van der Waals surface area contributed by atoms with Crippen LogP contribution in [0.3, 0.4) is 0 Å². The highest BCUT2D eigenvalue weighted by Crippen LogP contribution is 2.34. The molecule has 5 nitrogen and oxygen atoms in total. The van der Waals surface area contributed by atoms with Gasteiger partial charge in [-0.3, -0.25) is 4.68 Å². The topological polar surface area (TPSA) is 64.0 Å². The molecule has 19 heavy (non-hydrogen) atoms. The van der Waals surface area contributed by atoms with Crippen LogP contribution in [-0.4, -0.2) is 29.1 Å². The van der Waals surface area contributed by atoms with E-state index in [0.717, 1.165) is 25.7 Å². The Morgan fingerprint density at radius 3 is 2.63 bits per heavy atom. The fraction of sp³-hybridized carbons (Fsp3) is 0.750. The van der Waals surface area contributed by atoms with Gasteiger partial charge < -0.3 is 0 Å². The van der Waals surface area contributed by atoms with Crippen molar-refractivity contribution in [3.05, 3.63) is 12.4 Å². The lowest BCUT2D eigenvalue weighted by molar-refractivity contribution is 0.250. The lowest BCUT2D eigenvalue weighted by Crippen LogP contribution is -2.51. The summed E-state index contributed by atoms with van der Waals surface area (Å²) in [6, 6.07) is 0. The molecule has 0 amide bonds. The molecule has 0 spiro atoms. The normalized spacial score (nSPS) is 28.5. The molecule has 1 fully saturated rings. The van der Waals surface area contributed by atoms with Crippen molar-refractivity contribution in [1.82, 2.24) is 14.5 Å². The Hall–Kier alpha value is -0.400. The minimum atomic E-state index is -3.49. The van der Waals surface area contributed by atoms with Crippen molar-refractivity contribution < 1.29 is 8.42 Å². The van der Waals surface area contributed by atoms with Crippen molar-refractivity contribution in [1.29, 1.82) is 0 Å². The van der Waals surface area contributed by atoms with Gasteiger partial charge in [-0.1, -0.05) is 22.9 Å². The summed E-state index contributed by atoms with van der Waals surface area (Å²) in [4.78, 5) is 0.231. The van der Waals surface area contributed by atoms with Crippen LogP contribution >= 0.6 is 15.9 Å². The number of nitrogens with zero attached hydrogens (tertiary/aromatic N) is 2. The molecule has 108 valence electrons. The Bertz CT molecular complexity index is 533. The maximum absolute atomic E-state index is 12.4. The average molecular weight is 350 g/mol. The molecule has 1 aliphatic rings. The van der Waals surface area contributed by atoms with E-state index in [1.165, 1.54) is 17.1 Å². The molecule has 7 heteroatoms. The van der Waals surface area contributed by atoms with Crippen molar-refractivity contribution in [3.63, 3.8) is 0 Å². The molecule has 0 bridgehead atoms. The minimum Gasteiger partial charge on any atom is -0.274 e. The molecular weight excluding hydrogens is 330 g/mol. The van der Waals surface area contributed by atoms with E-state index >= 15 is 0 Å². The summed E-state index contributed by atoms with van der Waals surface area (Å²) in [7, 11) is -1.78. The van der Waals surface area contributed by atoms with E-state index in [-0.39, 0.29) is 10.4 Å². The highest BCUT2D eigenvalue weighted by molar-refractivity contribution is 9.09. The zero-order chi connectivity index (χ0) is 14.1. The fourth-order valence-corrected chi connectivity index (χ4v) is 4.79. The van der Waals surface area contributed by atoms with Gasteiger partial charge in [0.15, 0.2) is 0 Å². The van der Waals surface area contributed by atoms with Crippen LogP contribution in [0.25, 0.3) is 0 Å². The van der Waals surface area contributed by atoms with Gasteiger partial charge in [0, 0.05) is 24.1 Å². The number of aromatic nitrogens is 2. The van der Waals surface area contributed by atoms with Gasteiger partial charge in [0.2, 0.25) is 10.0 Å². The fourth-order valence-electron chi connectivity index (χ4n) is 2.46. The largest absolute Gasteiger partial charge is 0.274 e. The van der Waals surface area contributed by atoms with Crippen LogP contribution in [-0.2, 0) is 17.1 Å². The number of nitrogens with one attached hydrogen (secondary N) is 1. The van der Waals surface area contributed by atoms with Crippen LogP contribution in [0.4, 0.5) is 0 Å². The maximum atomic E-state index is 12.4. The first kappa shape index (κ1) is 15.0. The third-order valence-electron chi connectivity index (χ3n) is 3.83. The summed E-state index contributed by atoms with van der Waals surface area (Å²) in [6.45, 7) is 2.22. The number of halogens is 1. The lowest BCUT2D eigenvalue weighted by atomic mass is 9.79. The van der Waals surface area contributed by atoms with Crippen LogP contribution in [0.2, 0.25) is 0 Å². The quantitative estimate of drug-likeness (QED) is 0.846. The molecule has 1 aromatic heterocycles. The van der Waals surface area contributed by atoms with Crippen molar-refractivity contribution in [3.8, 4) is 0 Å². The predicted octanol–water partition coefficient (Wildman–Crippen LogP) is 2.04. The van der Waals surface area contributed by atoms with Gasteiger partial charge in [0.05, 0.1) is 6.20 Å². The Labute approximate surface area is 122 Å². The second kappa shape index (κ2) is 5.54. The zero-order valence-corrected chi connectivity index (χ0v) is 13.7. The average Bonchev–Trinajstić information content (AvgIpc) is 2.80. The van der Waals surface area contributed by atoms with Crippen LogP contribution in [0.15, 0.2) is 17.3 Å². The van der Waals surface area contributed by atoms with Crippen LogP contribution in [0.1, 0.15) is 32.6 Å². The first-order valence-corrected chi connectivity index (χ1v) is 9.06. The molecule has 1 aliphatic carbocycles. The molecule has 0 atom stereocenters. The summed E-state index contributed by atoms with van der Waals surface area (Å²) in [5, 5.41) is 4.57. The molecule has 0 unspecified atom stereocenters. The van der Waals surface area contributed by atoms with Crippen LogP contribution in [0.5, 0.6) is 0 Å². The predicted molar refractivity (Wildman–Crippen MR) is 77.7 cm³/mol. The minimum absolute atomic E-state index is 0.231.